The van der Waals surface area contributed by atoms with Crippen molar-refractivity contribution >= 4 is 17.4 Å². The molecule has 4 unspecified atom stereocenters. The molecule has 2 heteroatoms. The minimum atomic E-state index is -0.550. The maximum atomic E-state index is 11.8. The fraction of sp³-hybridized carbons (Fsp3) is 0.318. The Bertz CT molecular complexity index is 808. The highest BCUT2D eigenvalue weighted by molar-refractivity contribution is 6.01. The molecule has 0 heterocycles. The van der Waals surface area contributed by atoms with Crippen LogP contribution in [0.2, 0.25) is 0 Å². The second kappa shape index (κ2) is 5.15. The monoisotopic (exact) mass is 318 g/mol. The van der Waals surface area contributed by atoms with Gasteiger partial charge in [0.25, 0.3) is 0 Å². The molecule has 122 valence electrons. The van der Waals surface area contributed by atoms with Crippen molar-refractivity contribution in [1.82, 2.24) is 0 Å². The van der Waals surface area contributed by atoms with Gasteiger partial charge in [0.1, 0.15) is 6.29 Å². The van der Waals surface area contributed by atoms with E-state index in [1.54, 1.807) is 0 Å². The van der Waals surface area contributed by atoms with Crippen LogP contribution in [0.4, 0.5) is 0 Å². The number of aldehydes is 1. The van der Waals surface area contributed by atoms with Crippen molar-refractivity contribution in [3.8, 4) is 0 Å². The fourth-order valence-electron chi connectivity index (χ4n) is 5.09. The van der Waals surface area contributed by atoms with Crippen LogP contribution in [-0.2, 0) is 4.79 Å². The van der Waals surface area contributed by atoms with E-state index >= 15 is 0 Å². The average Bonchev–Trinajstić information content (AvgIpc) is 2.93. The van der Waals surface area contributed by atoms with Crippen molar-refractivity contribution in [3.63, 3.8) is 0 Å². The number of carbonyl (C=O) groups excluding carboxylic acids is 1. The molecule has 24 heavy (non-hydrogen) atoms. The number of carbonyl (C=O) groups is 1. The van der Waals surface area contributed by atoms with Crippen LogP contribution in [0, 0.1) is 16.7 Å². The number of hydrogen-bond acceptors (Lipinski definition) is 2. The minimum absolute atomic E-state index is 0.153. The summed E-state index contributed by atoms with van der Waals surface area (Å²) in [6, 6.07) is 20.5. The Labute approximate surface area is 142 Å². The van der Waals surface area contributed by atoms with Gasteiger partial charge in [0.2, 0.25) is 0 Å². The van der Waals surface area contributed by atoms with Crippen LogP contribution >= 0.6 is 0 Å². The van der Waals surface area contributed by atoms with E-state index in [9.17, 15) is 9.90 Å². The van der Waals surface area contributed by atoms with Gasteiger partial charge in [-0.15, -0.1) is 0 Å². The molecule has 2 aliphatic rings. The van der Waals surface area contributed by atoms with Crippen molar-refractivity contribution in [1.29, 1.82) is 0 Å². The second-order valence-electron chi connectivity index (χ2n) is 7.53. The average molecular weight is 318 g/mol. The molecular formula is C22H22O2. The van der Waals surface area contributed by atoms with Gasteiger partial charge >= 0.3 is 0 Å². The topological polar surface area (TPSA) is 37.3 Å². The van der Waals surface area contributed by atoms with Crippen molar-refractivity contribution in [3.05, 3.63) is 71.8 Å². The van der Waals surface area contributed by atoms with Crippen LogP contribution in [-0.4, -0.2) is 17.5 Å². The van der Waals surface area contributed by atoms with Gasteiger partial charge in [-0.05, 0) is 28.7 Å². The standard InChI is InChI=1S/C22H22O2/c1-21-13-17(14-23)22(2,20(21)24)19(16-11-7-4-8-12-16)18(21)15-9-5-3-6-10-15/h3-12,14,17,20,24H,13H2,1-2H3. The summed E-state index contributed by atoms with van der Waals surface area (Å²) in [6.07, 6.45) is 1.19. The Kier molecular flexibility index (Phi) is 3.29. The zero-order valence-corrected chi connectivity index (χ0v) is 14.1. The highest BCUT2D eigenvalue weighted by Gasteiger charge is 2.66. The Morgan fingerprint density at radius 2 is 1.42 bits per heavy atom. The van der Waals surface area contributed by atoms with Gasteiger partial charge in [-0.1, -0.05) is 74.5 Å². The van der Waals surface area contributed by atoms with Crippen LogP contribution in [0.1, 0.15) is 31.4 Å². The summed E-state index contributed by atoms with van der Waals surface area (Å²) in [5, 5.41) is 11.2. The molecule has 2 aliphatic carbocycles. The number of fused-ring (bicyclic) bond motifs is 2. The van der Waals surface area contributed by atoms with Crippen molar-refractivity contribution in [2.45, 2.75) is 26.4 Å². The first-order chi connectivity index (χ1) is 11.5. The molecule has 1 N–H and O–H groups in total. The molecule has 1 saturated carbocycles. The predicted molar refractivity (Wildman–Crippen MR) is 96.1 cm³/mol. The normalized spacial score (nSPS) is 34.6. The van der Waals surface area contributed by atoms with E-state index in [0.717, 1.165) is 23.0 Å². The third-order valence-corrected chi connectivity index (χ3v) is 6.23. The highest BCUT2D eigenvalue weighted by Crippen LogP contribution is 2.70. The summed E-state index contributed by atoms with van der Waals surface area (Å²) >= 11 is 0. The van der Waals surface area contributed by atoms with Gasteiger partial charge in [-0.2, -0.15) is 0 Å². The lowest BCUT2D eigenvalue weighted by atomic mass is 9.68. The molecule has 0 spiro atoms. The molecule has 0 saturated heterocycles. The first-order valence-corrected chi connectivity index (χ1v) is 8.53. The third-order valence-electron chi connectivity index (χ3n) is 6.23. The summed E-state index contributed by atoms with van der Waals surface area (Å²) in [5.74, 6) is -0.153. The molecule has 2 aromatic rings. The van der Waals surface area contributed by atoms with Crippen LogP contribution in [0.15, 0.2) is 60.7 Å². The maximum Gasteiger partial charge on any atom is 0.124 e. The van der Waals surface area contributed by atoms with E-state index < -0.39 is 16.9 Å². The van der Waals surface area contributed by atoms with E-state index in [4.69, 9.17) is 0 Å². The van der Waals surface area contributed by atoms with E-state index in [-0.39, 0.29) is 5.92 Å². The summed E-state index contributed by atoms with van der Waals surface area (Å²) in [6.45, 7) is 4.16. The molecule has 0 amide bonds. The van der Waals surface area contributed by atoms with Crippen molar-refractivity contribution < 1.29 is 9.90 Å². The Morgan fingerprint density at radius 1 is 0.917 bits per heavy atom. The quantitative estimate of drug-likeness (QED) is 0.861. The number of aliphatic hydroxyl groups is 1. The summed E-state index contributed by atoms with van der Waals surface area (Å²) in [4.78, 5) is 11.8. The lowest BCUT2D eigenvalue weighted by molar-refractivity contribution is -0.113. The molecule has 4 atom stereocenters. The number of aliphatic hydroxyl groups excluding tert-OH is 1. The molecule has 0 radical (unpaired) electrons. The van der Waals surface area contributed by atoms with Crippen LogP contribution < -0.4 is 0 Å². The molecule has 2 nitrogen and oxygen atoms in total. The van der Waals surface area contributed by atoms with Crippen LogP contribution in [0.5, 0.6) is 0 Å². The molecule has 1 fully saturated rings. The van der Waals surface area contributed by atoms with Crippen molar-refractivity contribution in [2.75, 3.05) is 0 Å². The lowest BCUT2D eigenvalue weighted by Crippen LogP contribution is -2.34. The van der Waals surface area contributed by atoms with Crippen LogP contribution in [0.25, 0.3) is 11.1 Å². The zero-order chi connectivity index (χ0) is 16.9. The van der Waals surface area contributed by atoms with Gasteiger partial charge in [0.05, 0.1) is 6.10 Å². The van der Waals surface area contributed by atoms with E-state index in [1.807, 2.05) is 36.4 Å². The number of hydrogen-bond donors (Lipinski definition) is 1. The van der Waals surface area contributed by atoms with Gasteiger partial charge in [0, 0.05) is 16.7 Å². The zero-order valence-electron chi connectivity index (χ0n) is 14.1. The number of benzene rings is 2. The van der Waals surface area contributed by atoms with E-state index in [1.165, 1.54) is 5.57 Å². The Hall–Kier alpha value is -2.19. The SMILES string of the molecule is CC12CC(C=O)C(C)(C(c3ccccc3)=C1c1ccccc1)C2O. The third kappa shape index (κ3) is 1.78. The first-order valence-electron chi connectivity index (χ1n) is 8.53. The smallest absolute Gasteiger partial charge is 0.124 e. The summed E-state index contributed by atoms with van der Waals surface area (Å²) < 4.78 is 0. The van der Waals surface area contributed by atoms with E-state index in [2.05, 4.69) is 38.1 Å². The Balaban J connectivity index is 2.06. The summed E-state index contributed by atoms with van der Waals surface area (Å²) in [7, 11) is 0. The number of rotatable bonds is 3. The second-order valence-corrected chi connectivity index (χ2v) is 7.53. The van der Waals surface area contributed by atoms with Crippen LogP contribution in [0.3, 0.4) is 0 Å². The Morgan fingerprint density at radius 3 is 1.92 bits per heavy atom. The van der Waals surface area contributed by atoms with Gasteiger partial charge in [0.15, 0.2) is 0 Å². The maximum absolute atomic E-state index is 11.8. The highest BCUT2D eigenvalue weighted by atomic mass is 16.3. The van der Waals surface area contributed by atoms with Gasteiger partial charge < -0.3 is 9.90 Å². The van der Waals surface area contributed by atoms with Gasteiger partial charge in [-0.3, -0.25) is 0 Å². The molecule has 2 aromatic carbocycles. The fourth-order valence-corrected chi connectivity index (χ4v) is 5.09. The molecule has 2 bridgehead atoms. The molecule has 4 rings (SSSR count). The molecule has 0 aliphatic heterocycles. The van der Waals surface area contributed by atoms with E-state index in [0.29, 0.717) is 6.42 Å². The molecular weight excluding hydrogens is 296 g/mol. The lowest BCUT2D eigenvalue weighted by Gasteiger charge is -2.34. The predicted octanol–water partition coefficient (Wildman–Crippen LogP) is 4.20. The molecule has 0 aromatic heterocycles. The minimum Gasteiger partial charge on any atom is -0.391 e. The van der Waals surface area contributed by atoms with Crippen molar-refractivity contribution in [2.24, 2.45) is 16.7 Å². The largest absolute Gasteiger partial charge is 0.391 e. The summed E-state index contributed by atoms with van der Waals surface area (Å²) in [5.41, 5.74) is 3.64. The van der Waals surface area contributed by atoms with Gasteiger partial charge in [-0.25, -0.2) is 0 Å². The first kappa shape index (κ1) is 15.3.